The molecule has 0 rings (SSSR count). The molecule has 0 aliphatic carbocycles. The molecule has 21 heavy (non-hydrogen) atoms. The molecule has 0 saturated carbocycles. The number of carbonyl (C=O) groups excluding carboxylic acids is 1. The third-order valence-corrected chi connectivity index (χ3v) is 15.7. The van der Waals surface area contributed by atoms with Gasteiger partial charge in [0.2, 0.25) is 0 Å². The molecule has 126 valence electrons. The summed E-state index contributed by atoms with van der Waals surface area (Å²) in [6, 6.07) is 0. The number of hydrogen-bond acceptors (Lipinski definition) is 2. The van der Waals surface area contributed by atoms with Crippen molar-refractivity contribution in [3.8, 4) is 0 Å². The number of halogens is 1. The van der Waals surface area contributed by atoms with Crippen molar-refractivity contribution < 1.29 is 9.53 Å². The molecule has 4 heteroatoms. The maximum absolute atomic E-state index is 11.3. The topological polar surface area (TPSA) is 26.3 Å². The van der Waals surface area contributed by atoms with Crippen LogP contribution in [0.2, 0.25) is 0 Å². The van der Waals surface area contributed by atoms with Crippen LogP contribution in [-0.2, 0) is 9.53 Å². The van der Waals surface area contributed by atoms with Crippen LogP contribution >= 0.6 is 26.3 Å². The molecule has 0 aromatic carbocycles. The summed E-state index contributed by atoms with van der Waals surface area (Å²) in [7, 11) is 0. The number of ether oxygens (including phenoxy) is 1. The van der Waals surface area contributed by atoms with Crippen LogP contribution in [0.4, 0.5) is 0 Å². The summed E-state index contributed by atoms with van der Waals surface area (Å²) < 4.78 is 3.56. The Balaban J connectivity index is 4.94. The number of esters is 1. The molecule has 0 atom stereocenters. The van der Waals surface area contributed by atoms with Crippen molar-refractivity contribution in [2.75, 3.05) is 31.3 Å². The van der Waals surface area contributed by atoms with Crippen LogP contribution in [-0.4, -0.2) is 37.2 Å². The minimum atomic E-state index is -1.76. The Labute approximate surface area is 144 Å². The van der Waals surface area contributed by atoms with E-state index in [0.29, 0.717) is 6.61 Å². The van der Waals surface area contributed by atoms with Crippen LogP contribution < -0.4 is 0 Å². The standard InChI is InChI=1S/C17H34IO2P/c1-5-9-13-21(18,14-10-6-2,15-11-7-3)16-12-20-17(19)8-4/h8H,4-7,9-16H2,1-3H3. The van der Waals surface area contributed by atoms with Crippen molar-refractivity contribution in [2.24, 2.45) is 0 Å². The fraction of sp³-hybridized carbons (Fsp3) is 0.824. The molecule has 2 nitrogen and oxygen atoms in total. The molecule has 0 N–H and O–H groups in total. The van der Waals surface area contributed by atoms with Crippen molar-refractivity contribution in [1.29, 1.82) is 0 Å². The monoisotopic (exact) mass is 428 g/mol. The first-order chi connectivity index (χ1) is 9.93. The van der Waals surface area contributed by atoms with E-state index in [0.717, 1.165) is 6.16 Å². The SMILES string of the molecule is C=CC(=O)OCCP(I)(CCCC)(CCCC)CCCC. The zero-order chi connectivity index (χ0) is 16.2. The summed E-state index contributed by atoms with van der Waals surface area (Å²) in [5, 5.41) is 0. The molecule has 0 aliphatic heterocycles. The third-order valence-electron chi connectivity index (χ3n) is 4.27. The first kappa shape index (κ1) is 21.4. The summed E-state index contributed by atoms with van der Waals surface area (Å²) >= 11 is 2.85. The average Bonchev–Trinajstić information content (AvgIpc) is 2.49. The molecule has 0 aromatic rings. The summed E-state index contributed by atoms with van der Waals surface area (Å²) in [6.45, 7) is 10.9. The molecule has 0 fully saturated rings. The van der Waals surface area contributed by atoms with Crippen LogP contribution in [0.15, 0.2) is 12.7 Å². The van der Waals surface area contributed by atoms with Gasteiger partial charge in [0.25, 0.3) is 0 Å². The van der Waals surface area contributed by atoms with E-state index in [1.54, 1.807) is 0 Å². The molecule has 0 aliphatic rings. The Bertz CT molecular complexity index is 293. The Morgan fingerprint density at radius 3 is 1.76 bits per heavy atom. The van der Waals surface area contributed by atoms with E-state index in [9.17, 15) is 4.79 Å². The van der Waals surface area contributed by atoms with Crippen LogP contribution in [0.3, 0.4) is 0 Å². The van der Waals surface area contributed by atoms with Gasteiger partial charge in [0, 0.05) is 0 Å². The van der Waals surface area contributed by atoms with Crippen molar-refractivity contribution in [1.82, 2.24) is 0 Å². The van der Waals surface area contributed by atoms with Crippen LogP contribution in [0.25, 0.3) is 0 Å². The second-order valence-corrected chi connectivity index (χ2v) is 19.8. The molecule has 0 unspecified atom stereocenters. The second-order valence-electron chi connectivity index (χ2n) is 6.15. The van der Waals surface area contributed by atoms with Gasteiger partial charge in [-0.1, -0.05) is 0 Å². The van der Waals surface area contributed by atoms with Gasteiger partial charge in [0.15, 0.2) is 0 Å². The molecular weight excluding hydrogens is 394 g/mol. The summed E-state index contributed by atoms with van der Waals surface area (Å²) in [5.41, 5.74) is 0. The van der Waals surface area contributed by atoms with Crippen molar-refractivity contribution in [3.63, 3.8) is 0 Å². The van der Waals surface area contributed by atoms with Gasteiger partial charge < -0.3 is 0 Å². The van der Waals surface area contributed by atoms with E-state index < -0.39 is 4.25 Å². The second kappa shape index (κ2) is 11.0. The van der Waals surface area contributed by atoms with Gasteiger partial charge in [-0.15, -0.1) is 0 Å². The first-order valence-corrected chi connectivity index (χ1v) is 14.2. The normalized spacial score (nSPS) is 13.4. The molecule has 0 amide bonds. The van der Waals surface area contributed by atoms with Gasteiger partial charge in [-0.05, 0) is 0 Å². The van der Waals surface area contributed by atoms with E-state index in [1.165, 1.54) is 63.1 Å². The van der Waals surface area contributed by atoms with Gasteiger partial charge in [-0.3, -0.25) is 0 Å². The van der Waals surface area contributed by atoms with Crippen LogP contribution in [0, 0.1) is 0 Å². The molecule has 0 spiro atoms. The van der Waals surface area contributed by atoms with Crippen LogP contribution in [0.1, 0.15) is 59.3 Å². The van der Waals surface area contributed by atoms with E-state index in [4.69, 9.17) is 4.74 Å². The Kier molecular flexibility index (Phi) is 11.2. The summed E-state index contributed by atoms with van der Waals surface area (Å²) in [4.78, 5) is 11.3. The van der Waals surface area contributed by atoms with E-state index in [-0.39, 0.29) is 5.97 Å². The van der Waals surface area contributed by atoms with Crippen LogP contribution in [0.5, 0.6) is 0 Å². The van der Waals surface area contributed by atoms with E-state index >= 15 is 0 Å². The summed E-state index contributed by atoms with van der Waals surface area (Å²) in [5.74, 6) is -0.280. The molecule has 0 radical (unpaired) electrons. The number of unbranched alkanes of at least 4 members (excludes halogenated alkanes) is 3. The first-order valence-electron chi connectivity index (χ1n) is 8.45. The predicted molar refractivity (Wildman–Crippen MR) is 106 cm³/mol. The molecule has 0 bridgehead atoms. The number of hydrogen-bond donors (Lipinski definition) is 0. The van der Waals surface area contributed by atoms with Crippen molar-refractivity contribution in [3.05, 3.63) is 12.7 Å². The fourth-order valence-electron chi connectivity index (χ4n) is 2.76. The molecular formula is C17H34IO2P. The molecule has 0 aromatic heterocycles. The summed E-state index contributed by atoms with van der Waals surface area (Å²) in [6.07, 6.45) is 14.1. The van der Waals surface area contributed by atoms with Crippen molar-refractivity contribution in [2.45, 2.75) is 59.3 Å². The average molecular weight is 428 g/mol. The number of carbonyl (C=O) groups is 1. The maximum atomic E-state index is 11.3. The van der Waals surface area contributed by atoms with E-state index in [1.807, 2.05) is 0 Å². The fourth-order valence-corrected chi connectivity index (χ4v) is 11.6. The van der Waals surface area contributed by atoms with Gasteiger partial charge in [0.1, 0.15) is 0 Å². The van der Waals surface area contributed by atoms with Crippen molar-refractivity contribution >= 4 is 32.3 Å². The van der Waals surface area contributed by atoms with Gasteiger partial charge >= 0.3 is 145 Å². The Morgan fingerprint density at radius 2 is 1.43 bits per heavy atom. The molecule has 0 saturated heterocycles. The Morgan fingerprint density at radius 1 is 1.00 bits per heavy atom. The number of rotatable bonds is 13. The van der Waals surface area contributed by atoms with Gasteiger partial charge in [-0.25, -0.2) is 0 Å². The van der Waals surface area contributed by atoms with Gasteiger partial charge in [0.05, 0.1) is 0 Å². The third kappa shape index (κ3) is 8.54. The van der Waals surface area contributed by atoms with Gasteiger partial charge in [-0.2, -0.15) is 0 Å². The zero-order valence-corrected chi connectivity index (χ0v) is 17.3. The minimum absolute atomic E-state index is 0.280. The molecule has 0 heterocycles. The Hall–Kier alpha value is 0.370. The van der Waals surface area contributed by atoms with E-state index in [2.05, 4.69) is 49.4 Å². The predicted octanol–water partition coefficient (Wildman–Crippen LogP) is 6.02. The quantitative estimate of drug-likeness (QED) is 0.155. The zero-order valence-electron chi connectivity index (χ0n) is 14.2.